The van der Waals surface area contributed by atoms with Crippen LogP contribution in [0.15, 0.2) is 66.7 Å². The minimum atomic E-state index is -1.41. The van der Waals surface area contributed by atoms with E-state index in [4.69, 9.17) is 31.9 Å². The molecule has 66 heavy (non-hydrogen) atoms. The van der Waals surface area contributed by atoms with Crippen molar-refractivity contribution < 1.29 is 33.4 Å². The molecular formula is C48H59N11O7. The molecule has 0 saturated heterocycles. The molecule has 18 nitrogen and oxygen atoms in total. The number of allylic oxidation sites excluding steroid dienone is 1. The molecule has 1 aliphatic rings. The fraction of sp³-hybridized carbons (Fsp3) is 0.375. The van der Waals surface area contributed by atoms with Crippen molar-refractivity contribution in [1.82, 2.24) is 36.1 Å². The Hall–Kier alpha value is -7.20. The maximum Gasteiger partial charge on any atom is 0.255 e. The first-order valence-electron chi connectivity index (χ1n) is 21.8. The Morgan fingerprint density at radius 1 is 0.909 bits per heavy atom. The number of fused-ring (bicyclic) bond motifs is 5. The summed E-state index contributed by atoms with van der Waals surface area (Å²) >= 11 is 0. The molecule has 4 atom stereocenters. The van der Waals surface area contributed by atoms with Crippen molar-refractivity contribution in [1.29, 1.82) is 5.26 Å². The number of ether oxygens (including phenoxy) is 2. The van der Waals surface area contributed by atoms with E-state index in [1.165, 1.54) is 18.9 Å². The van der Waals surface area contributed by atoms with Crippen LogP contribution in [0.25, 0.3) is 28.6 Å². The van der Waals surface area contributed by atoms with Crippen molar-refractivity contribution in [3.05, 3.63) is 100 Å². The summed E-state index contributed by atoms with van der Waals surface area (Å²) in [6, 6.07) is 14.8. The lowest BCUT2D eigenvalue weighted by Crippen LogP contribution is -2.56. The van der Waals surface area contributed by atoms with E-state index in [-0.39, 0.29) is 57.8 Å². The van der Waals surface area contributed by atoms with Crippen molar-refractivity contribution in [2.45, 2.75) is 71.1 Å². The van der Waals surface area contributed by atoms with E-state index in [2.05, 4.69) is 44.2 Å². The second-order valence-corrected chi connectivity index (χ2v) is 15.7. The van der Waals surface area contributed by atoms with Crippen molar-refractivity contribution in [2.24, 2.45) is 17.2 Å². The number of nitrogens with two attached hydrogens (primary N) is 3. The van der Waals surface area contributed by atoms with E-state index in [9.17, 15) is 24.0 Å². The van der Waals surface area contributed by atoms with Crippen LogP contribution in [0.3, 0.4) is 0 Å². The number of amides is 5. The number of nitrogens with zero attached hydrogens (tertiary/aromatic N) is 4. The Morgan fingerprint density at radius 2 is 1.55 bits per heavy atom. The molecular weight excluding hydrogens is 843 g/mol. The number of nitrogens with one attached hydrogen (secondary N) is 4. The number of aryl methyl sites for hydroxylation is 2. The van der Waals surface area contributed by atoms with Crippen molar-refractivity contribution >= 4 is 35.6 Å². The predicted molar refractivity (Wildman–Crippen MR) is 250 cm³/mol. The van der Waals surface area contributed by atoms with Gasteiger partial charge in [0.15, 0.2) is 5.82 Å². The highest BCUT2D eigenvalue weighted by Gasteiger charge is 2.36. The first kappa shape index (κ1) is 49.8. The second-order valence-electron chi connectivity index (χ2n) is 15.7. The van der Waals surface area contributed by atoms with Gasteiger partial charge in [0, 0.05) is 43.2 Å². The van der Waals surface area contributed by atoms with Gasteiger partial charge in [-0.3, -0.25) is 24.0 Å². The van der Waals surface area contributed by atoms with E-state index in [0.29, 0.717) is 51.0 Å². The lowest BCUT2D eigenvalue weighted by Gasteiger charge is -2.32. The third-order valence-corrected chi connectivity index (χ3v) is 10.8. The number of rotatable bonds is 17. The van der Waals surface area contributed by atoms with Crippen molar-refractivity contribution in [3.63, 3.8) is 0 Å². The van der Waals surface area contributed by atoms with Crippen LogP contribution in [0.1, 0.15) is 71.2 Å². The molecule has 1 aliphatic heterocycles. The summed E-state index contributed by atoms with van der Waals surface area (Å²) in [5, 5.41) is 19.9. The normalized spacial score (nSPS) is 16.5. The van der Waals surface area contributed by atoms with Crippen LogP contribution >= 0.6 is 0 Å². The summed E-state index contributed by atoms with van der Waals surface area (Å²) < 4.78 is 12.2. The number of nitriles is 1. The van der Waals surface area contributed by atoms with Crippen LogP contribution < -0.4 is 47.9 Å². The molecule has 5 amide bonds. The molecule has 5 rings (SSSR count). The lowest BCUT2D eigenvalue weighted by molar-refractivity contribution is -0.141. The second kappa shape index (κ2) is 23.6. The number of hydrogen-bond donors (Lipinski definition) is 7. The third-order valence-electron chi connectivity index (χ3n) is 10.8. The van der Waals surface area contributed by atoms with Crippen LogP contribution in [0.4, 0.5) is 0 Å². The summed E-state index contributed by atoms with van der Waals surface area (Å²) in [6.07, 6.45) is 5.00. The fourth-order valence-electron chi connectivity index (χ4n) is 7.53. The number of carbonyl (C=O) groups excluding carboxylic acids is 5. The SMILES string of the molecule is CC/C=C/c1ccc(-c2nc(C)c(C(=O)N[C@@H](CCN)C(=O)N(C)[C@@H]3C(=O)N[C@@H](C)C(=O)N[C@H](C(=O)NCC#N)Cc4ccc(OCCN)c(c4)-c4cc3ccc4OCCN)c(C)n2)cc1. The molecule has 0 radical (unpaired) electrons. The maximum absolute atomic E-state index is 14.7. The molecule has 0 aliphatic carbocycles. The number of aromatic nitrogens is 2. The minimum absolute atomic E-state index is 0.000933. The maximum atomic E-state index is 14.7. The molecule has 348 valence electrons. The smallest absolute Gasteiger partial charge is 0.255 e. The van der Waals surface area contributed by atoms with Gasteiger partial charge in [0.2, 0.25) is 23.6 Å². The van der Waals surface area contributed by atoms with E-state index in [0.717, 1.165) is 17.5 Å². The highest BCUT2D eigenvalue weighted by Crippen LogP contribution is 2.40. The van der Waals surface area contributed by atoms with Gasteiger partial charge in [-0.2, -0.15) is 5.26 Å². The Bertz CT molecular complexity index is 2450. The van der Waals surface area contributed by atoms with Gasteiger partial charge in [-0.05, 0) is 81.1 Å². The Kier molecular flexibility index (Phi) is 17.8. The number of hydrogen-bond acceptors (Lipinski definition) is 13. The van der Waals surface area contributed by atoms with Crippen LogP contribution in [-0.4, -0.2) is 109 Å². The zero-order valence-electron chi connectivity index (χ0n) is 38.0. The topological polar surface area (TPSA) is 283 Å². The first-order valence-corrected chi connectivity index (χ1v) is 21.8. The molecule has 10 N–H and O–H groups in total. The standard InChI is InChI=1S/C48H59N11O7/c1-6-7-8-31-9-12-33(13-10-31)43-54-28(2)41(29(3)55-43)46(62)57-37(17-18-49)48(64)59(5)42-34-14-16-40(66-24-21-52)36(27-34)35-25-32(11-15-39(35)65-23-20-51)26-38(45(61)53-22-19-50)58-44(60)30(4)56-47(42)63/h7-16,25,27,30,37-38,42H,6,17-18,20-24,26,49,51-52H2,1-5H3,(H,53,61)(H,56,63)(H,57,62)(H,58,60)/b8-7+/t30-,37-,38-,42-/m0/s1. The number of likely N-dealkylation sites (N-methyl/N-ethyl adjacent to an activating group) is 1. The molecule has 0 fully saturated rings. The van der Waals surface area contributed by atoms with Crippen LogP contribution in [-0.2, 0) is 25.6 Å². The van der Waals surface area contributed by atoms with Gasteiger partial charge in [-0.1, -0.05) is 55.5 Å². The predicted octanol–water partition coefficient (Wildman–Crippen LogP) is 2.36. The molecule has 4 bridgehead atoms. The molecule has 2 heterocycles. The summed E-state index contributed by atoms with van der Waals surface area (Å²) in [7, 11) is 1.42. The monoisotopic (exact) mass is 901 g/mol. The Morgan fingerprint density at radius 3 is 2.15 bits per heavy atom. The summed E-state index contributed by atoms with van der Waals surface area (Å²) in [6.45, 7) is 7.24. The molecule has 0 spiro atoms. The highest BCUT2D eigenvalue weighted by molar-refractivity contribution is 6.00. The minimum Gasteiger partial charge on any atom is -0.492 e. The molecule has 18 heteroatoms. The molecule has 0 unspecified atom stereocenters. The van der Waals surface area contributed by atoms with Gasteiger partial charge in [-0.25, -0.2) is 9.97 Å². The van der Waals surface area contributed by atoms with E-state index in [1.54, 1.807) is 50.2 Å². The highest BCUT2D eigenvalue weighted by atomic mass is 16.5. The molecule has 4 aromatic rings. The Labute approximate surface area is 384 Å². The van der Waals surface area contributed by atoms with Gasteiger partial charge in [0.1, 0.15) is 55.4 Å². The molecule has 0 saturated carbocycles. The quantitative estimate of drug-likeness (QED) is 0.0751. The molecule has 1 aromatic heterocycles. The van der Waals surface area contributed by atoms with Crippen molar-refractivity contribution in [2.75, 3.05) is 46.4 Å². The van der Waals surface area contributed by atoms with Gasteiger partial charge in [0.05, 0.1) is 23.0 Å². The van der Waals surface area contributed by atoms with E-state index in [1.807, 2.05) is 36.4 Å². The largest absolute Gasteiger partial charge is 0.492 e. The van der Waals surface area contributed by atoms with Gasteiger partial charge < -0.3 is 52.8 Å². The summed E-state index contributed by atoms with van der Waals surface area (Å²) in [4.78, 5) is 81.0. The van der Waals surface area contributed by atoms with Crippen LogP contribution in [0.2, 0.25) is 0 Å². The van der Waals surface area contributed by atoms with Crippen LogP contribution in [0, 0.1) is 25.2 Å². The summed E-state index contributed by atoms with van der Waals surface area (Å²) in [5.41, 5.74) is 22.3. The lowest BCUT2D eigenvalue weighted by atomic mass is 9.93. The van der Waals surface area contributed by atoms with Gasteiger partial charge >= 0.3 is 0 Å². The van der Waals surface area contributed by atoms with E-state index < -0.39 is 53.7 Å². The third kappa shape index (κ3) is 12.3. The van der Waals surface area contributed by atoms with E-state index >= 15 is 0 Å². The number of carbonyl (C=O) groups is 5. The molecule has 3 aromatic carbocycles. The average Bonchev–Trinajstić information content (AvgIpc) is 3.30. The first-order chi connectivity index (χ1) is 31.7. The van der Waals surface area contributed by atoms with Crippen molar-refractivity contribution in [3.8, 4) is 40.1 Å². The summed E-state index contributed by atoms with van der Waals surface area (Å²) in [5.74, 6) is -2.15. The zero-order valence-corrected chi connectivity index (χ0v) is 38.0. The average molecular weight is 902 g/mol. The van der Waals surface area contributed by atoms with Crippen LogP contribution in [0.5, 0.6) is 11.5 Å². The number of benzene rings is 3. The van der Waals surface area contributed by atoms with Gasteiger partial charge in [-0.15, -0.1) is 0 Å². The fourth-order valence-corrected chi connectivity index (χ4v) is 7.53. The zero-order chi connectivity index (χ0) is 47.9. The Balaban J connectivity index is 1.56. The van der Waals surface area contributed by atoms with Gasteiger partial charge in [0.25, 0.3) is 5.91 Å².